The maximum Gasteiger partial charge on any atom is 0.242 e. The molecule has 0 aromatic heterocycles. The number of hydrogen-bond acceptors (Lipinski definition) is 2. The van der Waals surface area contributed by atoms with Gasteiger partial charge in [0, 0.05) is 13.1 Å². The Morgan fingerprint density at radius 2 is 1.53 bits per heavy atom. The van der Waals surface area contributed by atoms with Crippen LogP contribution in [0.5, 0.6) is 0 Å². The van der Waals surface area contributed by atoms with Crippen molar-refractivity contribution >= 4 is 5.91 Å². The van der Waals surface area contributed by atoms with Gasteiger partial charge in [-0.1, -0.05) is 25.7 Å². The second-order valence-electron chi connectivity index (χ2n) is 6.38. The summed E-state index contributed by atoms with van der Waals surface area (Å²) in [6, 6.07) is 0. The molecule has 3 nitrogen and oxygen atoms in total. The molecule has 2 unspecified atom stereocenters. The Balaban J connectivity index is 1.67. The first-order chi connectivity index (χ1) is 8.19. The third-order valence-electron chi connectivity index (χ3n) is 5.19. The number of likely N-dealkylation sites (tertiary alicyclic amines) is 1. The fourth-order valence-electron chi connectivity index (χ4n) is 4.11. The highest BCUT2D eigenvalue weighted by atomic mass is 16.2. The lowest BCUT2D eigenvalue weighted by atomic mass is 9.82. The normalized spacial score (nSPS) is 35.9. The Kier molecular flexibility index (Phi) is 2.89. The summed E-state index contributed by atoms with van der Waals surface area (Å²) in [5.41, 5.74) is 5.77. The van der Waals surface area contributed by atoms with Crippen LogP contribution in [0.4, 0.5) is 0 Å². The molecule has 0 spiro atoms. The predicted octanol–water partition coefficient (Wildman–Crippen LogP) is 1.91. The van der Waals surface area contributed by atoms with E-state index >= 15 is 0 Å². The lowest BCUT2D eigenvalue weighted by Crippen LogP contribution is -2.53. The van der Waals surface area contributed by atoms with E-state index in [4.69, 9.17) is 5.73 Å². The van der Waals surface area contributed by atoms with Crippen LogP contribution in [0.2, 0.25) is 0 Å². The molecule has 0 aromatic carbocycles. The highest BCUT2D eigenvalue weighted by Gasteiger charge is 2.44. The van der Waals surface area contributed by atoms with E-state index in [-0.39, 0.29) is 5.91 Å². The molecule has 2 aliphatic carbocycles. The number of nitrogens with two attached hydrogens (primary N) is 1. The zero-order chi connectivity index (χ0) is 11.9. The van der Waals surface area contributed by atoms with Gasteiger partial charge in [0.05, 0.1) is 5.54 Å². The van der Waals surface area contributed by atoms with Crippen molar-refractivity contribution in [2.45, 2.75) is 56.9 Å². The Morgan fingerprint density at radius 1 is 1.00 bits per heavy atom. The lowest BCUT2D eigenvalue weighted by molar-refractivity contribution is -0.136. The Bertz CT molecular complexity index is 295. The van der Waals surface area contributed by atoms with E-state index < -0.39 is 5.54 Å². The fraction of sp³-hybridized carbons (Fsp3) is 0.929. The summed E-state index contributed by atoms with van der Waals surface area (Å²) in [5, 5.41) is 0. The highest BCUT2D eigenvalue weighted by Crippen LogP contribution is 2.38. The molecule has 1 heterocycles. The number of amides is 1. The van der Waals surface area contributed by atoms with E-state index in [9.17, 15) is 4.79 Å². The van der Waals surface area contributed by atoms with Crippen molar-refractivity contribution in [2.24, 2.45) is 17.6 Å². The van der Waals surface area contributed by atoms with Crippen molar-refractivity contribution in [1.82, 2.24) is 4.90 Å². The average molecular weight is 236 g/mol. The molecular weight excluding hydrogens is 212 g/mol. The van der Waals surface area contributed by atoms with Crippen LogP contribution in [0.25, 0.3) is 0 Å². The topological polar surface area (TPSA) is 46.3 Å². The molecule has 1 aliphatic heterocycles. The van der Waals surface area contributed by atoms with Crippen molar-refractivity contribution in [3.63, 3.8) is 0 Å². The summed E-state index contributed by atoms with van der Waals surface area (Å²) < 4.78 is 0. The van der Waals surface area contributed by atoms with Gasteiger partial charge in [-0.3, -0.25) is 4.79 Å². The number of nitrogens with zero attached hydrogens (tertiary/aromatic N) is 1. The maximum atomic E-state index is 12.5. The molecule has 1 amide bonds. The largest absolute Gasteiger partial charge is 0.341 e. The molecule has 2 saturated carbocycles. The zero-order valence-corrected chi connectivity index (χ0v) is 10.7. The van der Waals surface area contributed by atoms with E-state index in [1.165, 1.54) is 25.7 Å². The summed E-state index contributed by atoms with van der Waals surface area (Å²) in [4.78, 5) is 14.6. The molecule has 0 bridgehead atoms. The van der Waals surface area contributed by atoms with Crippen molar-refractivity contribution in [1.29, 1.82) is 0 Å². The first kappa shape index (κ1) is 11.5. The number of rotatable bonds is 1. The molecule has 0 aromatic rings. The van der Waals surface area contributed by atoms with Crippen LogP contribution < -0.4 is 5.73 Å². The third-order valence-corrected chi connectivity index (χ3v) is 5.19. The predicted molar refractivity (Wildman–Crippen MR) is 67.4 cm³/mol. The third kappa shape index (κ3) is 1.99. The van der Waals surface area contributed by atoms with Crippen molar-refractivity contribution in [3.8, 4) is 0 Å². The molecule has 2 atom stereocenters. The molecular formula is C14H24N2O. The number of carbonyl (C=O) groups is 1. The molecule has 1 saturated heterocycles. The van der Waals surface area contributed by atoms with Crippen LogP contribution in [-0.2, 0) is 4.79 Å². The summed E-state index contributed by atoms with van der Waals surface area (Å²) in [5.74, 6) is 1.81. The smallest absolute Gasteiger partial charge is 0.242 e. The molecule has 3 aliphatic rings. The highest BCUT2D eigenvalue weighted by molar-refractivity contribution is 5.86. The SMILES string of the molecule is NC1(C(=O)N2CC3CCCCC3C2)CCCC1. The van der Waals surface area contributed by atoms with E-state index in [1.54, 1.807) is 0 Å². The van der Waals surface area contributed by atoms with E-state index in [1.807, 2.05) is 0 Å². The van der Waals surface area contributed by atoms with Gasteiger partial charge in [-0.2, -0.15) is 0 Å². The number of fused-ring (bicyclic) bond motifs is 1. The second-order valence-corrected chi connectivity index (χ2v) is 6.38. The Labute approximate surface area is 104 Å². The van der Waals surface area contributed by atoms with Crippen molar-refractivity contribution in [2.75, 3.05) is 13.1 Å². The number of carbonyl (C=O) groups excluding carboxylic acids is 1. The van der Waals surface area contributed by atoms with Crippen LogP contribution in [0.1, 0.15) is 51.4 Å². The van der Waals surface area contributed by atoms with Crippen LogP contribution in [0, 0.1) is 11.8 Å². The molecule has 3 fully saturated rings. The summed E-state index contributed by atoms with van der Waals surface area (Å²) in [6.07, 6.45) is 9.42. The first-order valence-electron chi connectivity index (χ1n) is 7.27. The quantitative estimate of drug-likeness (QED) is 0.756. The van der Waals surface area contributed by atoms with Gasteiger partial charge in [0.2, 0.25) is 5.91 Å². The van der Waals surface area contributed by atoms with Crippen LogP contribution in [-0.4, -0.2) is 29.4 Å². The van der Waals surface area contributed by atoms with Crippen LogP contribution in [0.3, 0.4) is 0 Å². The van der Waals surface area contributed by atoms with Gasteiger partial charge in [-0.25, -0.2) is 0 Å². The molecule has 3 heteroatoms. The standard InChI is InChI=1S/C14H24N2O/c15-14(7-3-4-8-14)13(17)16-9-11-5-1-2-6-12(11)10-16/h11-12H,1-10,15H2. The van der Waals surface area contributed by atoms with Gasteiger partial charge in [0.1, 0.15) is 0 Å². The Morgan fingerprint density at radius 3 is 2.06 bits per heavy atom. The van der Waals surface area contributed by atoms with Crippen LogP contribution >= 0.6 is 0 Å². The van der Waals surface area contributed by atoms with Gasteiger partial charge in [-0.15, -0.1) is 0 Å². The second kappa shape index (κ2) is 4.27. The maximum absolute atomic E-state index is 12.5. The van der Waals surface area contributed by atoms with E-state index in [0.29, 0.717) is 0 Å². The molecule has 17 heavy (non-hydrogen) atoms. The minimum atomic E-state index is -0.506. The molecule has 0 radical (unpaired) electrons. The molecule has 96 valence electrons. The van der Waals surface area contributed by atoms with Gasteiger partial charge in [-0.05, 0) is 37.5 Å². The first-order valence-corrected chi connectivity index (χ1v) is 7.27. The van der Waals surface area contributed by atoms with Gasteiger partial charge in [0.15, 0.2) is 0 Å². The summed E-state index contributed by atoms with van der Waals surface area (Å²) in [6.45, 7) is 1.98. The summed E-state index contributed by atoms with van der Waals surface area (Å²) in [7, 11) is 0. The van der Waals surface area contributed by atoms with Crippen molar-refractivity contribution in [3.05, 3.63) is 0 Å². The minimum Gasteiger partial charge on any atom is -0.341 e. The van der Waals surface area contributed by atoms with Gasteiger partial charge < -0.3 is 10.6 Å². The minimum absolute atomic E-state index is 0.254. The zero-order valence-electron chi connectivity index (χ0n) is 10.7. The van der Waals surface area contributed by atoms with Crippen molar-refractivity contribution < 1.29 is 4.79 Å². The average Bonchev–Trinajstić information content (AvgIpc) is 2.94. The van der Waals surface area contributed by atoms with Crippen LogP contribution in [0.15, 0.2) is 0 Å². The van der Waals surface area contributed by atoms with E-state index in [2.05, 4.69) is 4.90 Å². The fourth-order valence-corrected chi connectivity index (χ4v) is 4.11. The van der Waals surface area contributed by atoms with Gasteiger partial charge >= 0.3 is 0 Å². The monoisotopic (exact) mass is 236 g/mol. The molecule has 2 N–H and O–H groups in total. The Hall–Kier alpha value is -0.570. The summed E-state index contributed by atoms with van der Waals surface area (Å²) >= 11 is 0. The molecule has 3 rings (SSSR count). The van der Waals surface area contributed by atoms with E-state index in [0.717, 1.165) is 50.6 Å². The lowest BCUT2D eigenvalue weighted by Gasteiger charge is -2.28. The number of hydrogen-bond donors (Lipinski definition) is 1. The van der Waals surface area contributed by atoms with Gasteiger partial charge in [0.25, 0.3) is 0 Å².